The van der Waals surface area contributed by atoms with E-state index in [0.29, 0.717) is 4.58 Å². The molecular weight excluding hydrogens is 312 g/mol. The molecule has 0 aliphatic carbocycles. The number of rotatable bonds is 3. The van der Waals surface area contributed by atoms with E-state index in [0.717, 1.165) is 17.4 Å². The van der Waals surface area contributed by atoms with E-state index in [4.69, 9.17) is 4.74 Å². The van der Waals surface area contributed by atoms with Crippen LogP contribution in [-0.4, -0.2) is 24.1 Å². The number of carbonyl (C=O) groups excluding carboxylic acids is 1. The summed E-state index contributed by atoms with van der Waals surface area (Å²) in [6.07, 6.45) is 0. The molecule has 0 amide bonds. The van der Waals surface area contributed by atoms with Crippen LogP contribution in [0.2, 0.25) is 0 Å². The minimum Gasteiger partial charge on any atom is -0.453 e. The van der Waals surface area contributed by atoms with Crippen LogP contribution in [0.3, 0.4) is 0 Å². The molecular formula is C18H22O2S2. The zero-order valence-corrected chi connectivity index (χ0v) is 14.9. The summed E-state index contributed by atoms with van der Waals surface area (Å²) >= 11 is 4.11. The highest BCUT2D eigenvalue weighted by atomic mass is 32.2. The number of hydrogen-bond donors (Lipinski definition) is 0. The van der Waals surface area contributed by atoms with E-state index in [1.54, 1.807) is 0 Å². The van der Waals surface area contributed by atoms with Gasteiger partial charge in [0.2, 0.25) is 0 Å². The maximum absolute atomic E-state index is 10.6. The van der Waals surface area contributed by atoms with Crippen LogP contribution in [0.25, 0.3) is 0 Å². The molecule has 22 heavy (non-hydrogen) atoms. The molecule has 4 heteroatoms. The van der Waals surface area contributed by atoms with Gasteiger partial charge in [0, 0.05) is 12.5 Å². The van der Waals surface area contributed by atoms with Crippen molar-refractivity contribution < 1.29 is 9.53 Å². The Hall–Kier alpha value is -1.05. The van der Waals surface area contributed by atoms with Crippen LogP contribution in [0.5, 0.6) is 0 Å². The third-order valence-electron chi connectivity index (χ3n) is 3.63. The van der Waals surface area contributed by atoms with Gasteiger partial charge in [-0.15, -0.1) is 23.5 Å². The van der Waals surface area contributed by atoms with Crippen molar-refractivity contribution in [2.24, 2.45) is 11.8 Å². The van der Waals surface area contributed by atoms with Gasteiger partial charge in [-0.2, -0.15) is 0 Å². The van der Waals surface area contributed by atoms with Crippen LogP contribution in [0, 0.1) is 23.7 Å². The van der Waals surface area contributed by atoms with Gasteiger partial charge in [-0.05, 0) is 41.0 Å². The Balaban J connectivity index is 1.88. The van der Waals surface area contributed by atoms with Crippen molar-refractivity contribution in [3.63, 3.8) is 0 Å². The summed E-state index contributed by atoms with van der Waals surface area (Å²) in [5, 5.41) is 0. The number of benzene rings is 1. The molecule has 0 radical (unpaired) electrons. The third-order valence-corrected chi connectivity index (χ3v) is 6.84. The van der Waals surface area contributed by atoms with Gasteiger partial charge < -0.3 is 4.74 Å². The van der Waals surface area contributed by atoms with Crippen molar-refractivity contribution in [2.45, 2.75) is 25.4 Å². The van der Waals surface area contributed by atoms with Crippen molar-refractivity contribution in [1.29, 1.82) is 0 Å². The lowest BCUT2D eigenvalue weighted by molar-refractivity contribution is -0.139. The predicted molar refractivity (Wildman–Crippen MR) is 95.9 cm³/mol. The minimum atomic E-state index is -0.296. The van der Waals surface area contributed by atoms with Crippen molar-refractivity contribution in [3.05, 3.63) is 35.4 Å². The van der Waals surface area contributed by atoms with Gasteiger partial charge in [0.25, 0.3) is 0 Å². The largest absolute Gasteiger partial charge is 0.453 e. The standard InChI is InChI=1S/C18H22O2S2/c1-13(2)17-11-21-18(22-12-17)16-8-6-15(7-9-16)5-4-10-20-14(3)19/h6-9,13,17-18H,10-12H2,1-3H3. The fourth-order valence-corrected chi connectivity index (χ4v) is 5.65. The van der Waals surface area contributed by atoms with Crippen LogP contribution in [0.1, 0.15) is 36.5 Å². The van der Waals surface area contributed by atoms with Crippen molar-refractivity contribution in [1.82, 2.24) is 0 Å². The summed E-state index contributed by atoms with van der Waals surface area (Å²) in [5.74, 6) is 9.67. The molecule has 1 fully saturated rings. The second-order valence-electron chi connectivity index (χ2n) is 5.71. The molecule has 0 atom stereocenters. The lowest BCUT2D eigenvalue weighted by Crippen LogP contribution is -2.19. The molecule has 0 spiro atoms. The molecule has 1 saturated heterocycles. The van der Waals surface area contributed by atoms with Crippen molar-refractivity contribution in [3.8, 4) is 11.8 Å². The molecule has 1 heterocycles. The van der Waals surface area contributed by atoms with E-state index >= 15 is 0 Å². The van der Waals surface area contributed by atoms with Gasteiger partial charge in [-0.25, -0.2) is 0 Å². The number of esters is 1. The molecule has 0 unspecified atom stereocenters. The molecule has 0 aromatic heterocycles. The summed E-state index contributed by atoms with van der Waals surface area (Å²) in [6.45, 7) is 6.17. The average Bonchev–Trinajstić information content (AvgIpc) is 2.52. The maximum atomic E-state index is 10.6. The fourth-order valence-electron chi connectivity index (χ4n) is 2.10. The maximum Gasteiger partial charge on any atom is 0.303 e. The molecule has 2 rings (SSSR count). The molecule has 1 aliphatic rings. The van der Waals surface area contributed by atoms with Crippen LogP contribution < -0.4 is 0 Å². The third kappa shape index (κ3) is 5.30. The molecule has 1 aromatic rings. The van der Waals surface area contributed by atoms with Gasteiger partial charge in [0.15, 0.2) is 6.61 Å². The Morgan fingerprint density at radius 1 is 1.27 bits per heavy atom. The number of hydrogen-bond acceptors (Lipinski definition) is 4. The van der Waals surface area contributed by atoms with Crippen molar-refractivity contribution >= 4 is 29.5 Å². The minimum absolute atomic E-state index is 0.155. The first-order chi connectivity index (χ1) is 10.6. The van der Waals surface area contributed by atoms with Gasteiger partial charge in [-0.1, -0.05) is 37.8 Å². The average molecular weight is 335 g/mol. The summed E-state index contributed by atoms with van der Waals surface area (Å²) in [5.41, 5.74) is 2.32. The first-order valence-corrected chi connectivity index (χ1v) is 9.61. The van der Waals surface area contributed by atoms with E-state index in [1.807, 2.05) is 12.1 Å². The van der Waals surface area contributed by atoms with Crippen LogP contribution in [0.4, 0.5) is 0 Å². The summed E-state index contributed by atoms with van der Waals surface area (Å²) in [4.78, 5) is 10.6. The lowest BCUT2D eigenvalue weighted by Gasteiger charge is -2.30. The highest BCUT2D eigenvalue weighted by Gasteiger charge is 2.25. The first-order valence-electron chi connectivity index (χ1n) is 7.51. The highest BCUT2D eigenvalue weighted by molar-refractivity contribution is 8.16. The van der Waals surface area contributed by atoms with E-state index < -0.39 is 0 Å². The Morgan fingerprint density at radius 2 is 1.91 bits per heavy atom. The summed E-state index contributed by atoms with van der Waals surface area (Å²) < 4.78 is 5.33. The van der Waals surface area contributed by atoms with Crippen molar-refractivity contribution in [2.75, 3.05) is 18.1 Å². The molecule has 0 N–H and O–H groups in total. The lowest BCUT2D eigenvalue weighted by atomic mass is 10.0. The summed E-state index contributed by atoms with van der Waals surface area (Å²) in [6, 6.07) is 8.42. The van der Waals surface area contributed by atoms with E-state index in [1.165, 1.54) is 24.0 Å². The zero-order chi connectivity index (χ0) is 15.9. The normalized spacial score (nSPS) is 21.1. The van der Waals surface area contributed by atoms with Crippen LogP contribution in [-0.2, 0) is 9.53 Å². The quantitative estimate of drug-likeness (QED) is 0.606. The molecule has 0 saturated carbocycles. The monoisotopic (exact) mass is 334 g/mol. The second-order valence-corrected chi connectivity index (χ2v) is 8.28. The topological polar surface area (TPSA) is 26.3 Å². The van der Waals surface area contributed by atoms with E-state index in [2.05, 4.69) is 61.3 Å². The van der Waals surface area contributed by atoms with Crippen LogP contribution in [0.15, 0.2) is 24.3 Å². The zero-order valence-electron chi connectivity index (χ0n) is 13.3. The molecule has 1 aromatic carbocycles. The fraction of sp³-hybridized carbons (Fsp3) is 0.500. The van der Waals surface area contributed by atoms with E-state index in [9.17, 15) is 4.79 Å². The van der Waals surface area contributed by atoms with E-state index in [-0.39, 0.29) is 12.6 Å². The SMILES string of the molecule is CC(=O)OCC#Cc1ccc(C2SCC(C(C)C)CS2)cc1. The Bertz CT molecular complexity index is 547. The number of carbonyl (C=O) groups is 1. The number of thioether (sulfide) groups is 2. The van der Waals surface area contributed by atoms with Gasteiger partial charge in [0.05, 0.1) is 4.58 Å². The van der Waals surface area contributed by atoms with Crippen LogP contribution >= 0.6 is 23.5 Å². The number of ether oxygens (including phenoxy) is 1. The Labute approximate surface area is 141 Å². The first kappa shape index (κ1) is 17.3. The predicted octanol–water partition coefficient (Wildman–Crippen LogP) is 4.35. The van der Waals surface area contributed by atoms with Gasteiger partial charge in [-0.3, -0.25) is 4.79 Å². The smallest absolute Gasteiger partial charge is 0.303 e. The molecule has 1 aliphatic heterocycles. The molecule has 0 bridgehead atoms. The Morgan fingerprint density at radius 3 is 2.45 bits per heavy atom. The highest BCUT2D eigenvalue weighted by Crippen LogP contribution is 2.46. The second kappa shape index (κ2) is 8.55. The summed E-state index contributed by atoms with van der Waals surface area (Å²) in [7, 11) is 0. The Kier molecular flexibility index (Phi) is 6.72. The molecule has 2 nitrogen and oxygen atoms in total. The molecule has 118 valence electrons. The van der Waals surface area contributed by atoms with Gasteiger partial charge in [0.1, 0.15) is 0 Å². The van der Waals surface area contributed by atoms with Gasteiger partial charge >= 0.3 is 5.97 Å².